The number of anilines is 1. The molecule has 2 aromatic carbocycles. The third kappa shape index (κ3) is 3.64. The molecule has 0 saturated carbocycles. The minimum Gasteiger partial charge on any atom is -0.481 e. The first-order valence-electron chi connectivity index (χ1n) is 7.05. The second-order valence-corrected chi connectivity index (χ2v) is 5.14. The fourth-order valence-electron chi connectivity index (χ4n) is 1.97. The van der Waals surface area contributed by atoms with Crippen molar-refractivity contribution in [2.45, 2.75) is 26.9 Å². The van der Waals surface area contributed by atoms with Gasteiger partial charge in [-0.2, -0.15) is 5.26 Å². The molecule has 4 heteroatoms. The van der Waals surface area contributed by atoms with Crippen molar-refractivity contribution in [1.29, 1.82) is 5.26 Å². The Labute approximate surface area is 130 Å². The Hall–Kier alpha value is -2.80. The van der Waals surface area contributed by atoms with Gasteiger partial charge in [0, 0.05) is 5.69 Å². The van der Waals surface area contributed by atoms with Gasteiger partial charge in [-0.05, 0) is 62.2 Å². The molecule has 2 aromatic rings. The molecule has 0 aliphatic carbocycles. The highest BCUT2D eigenvalue weighted by molar-refractivity contribution is 5.94. The summed E-state index contributed by atoms with van der Waals surface area (Å²) in [4.78, 5) is 12.2. The summed E-state index contributed by atoms with van der Waals surface area (Å²) in [6.07, 6.45) is -0.615. The first-order chi connectivity index (χ1) is 10.5. The standard InChI is InChI=1S/C18H18N2O2/c1-12-5-4-6-17(13(12)2)22-14(3)18(21)20-16-9-7-15(11-19)8-10-16/h4-10,14H,1-3H3,(H,20,21). The van der Waals surface area contributed by atoms with Gasteiger partial charge in [0.25, 0.3) is 5.91 Å². The molecule has 0 bridgehead atoms. The molecule has 1 N–H and O–H groups in total. The summed E-state index contributed by atoms with van der Waals surface area (Å²) in [6.45, 7) is 5.68. The summed E-state index contributed by atoms with van der Waals surface area (Å²) in [6, 6.07) is 14.5. The van der Waals surface area contributed by atoms with E-state index >= 15 is 0 Å². The minimum atomic E-state index is -0.615. The number of nitrogens with zero attached hydrogens (tertiary/aromatic N) is 1. The fourth-order valence-corrected chi connectivity index (χ4v) is 1.97. The SMILES string of the molecule is Cc1cccc(OC(C)C(=O)Nc2ccc(C#N)cc2)c1C. The predicted molar refractivity (Wildman–Crippen MR) is 85.8 cm³/mol. The molecule has 0 aliphatic rings. The molecule has 1 amide bonds. The van der Waals surface area contributed by atoms with E-state index in [9.17, 15) is 4.79 Å². The van der Waals surface area contributed by atoms with Gasteiger partial charge in [-0.25, -0.2) is 0 Å². The first-order valence-corrected chi connectivity index (χ1v) is 7.05. The molecule has 22 heavy (non-hydrogen) atoms. The van der Waals surface area contributed by atoms with Crippen molar-refractivity contribution >= 4 is 11.6 Å². The number of nitrogens with one attached hydrogen (secondary N) is 1. The fraction of sp³-hybridized carbons (Fsp3) is 0.222. The van der Waals surface area contributed by atoms with Crippen molar-refractivity contribution in [1.82, 2.24) is 0 Å². The van der Waals surface area contributed by atoms with Crippen molar-refractivity contribution in [3.63, 3.8) is 0 Å². The quantitative estimate of drug-likeness (QED) is 0.937. The maximum atomic E-state index is 12.2. The maximum absolute atomic E-state index is 12.2. The molecule has 0 saturated heterocycles. The highest BCUT2D eigenvalue weighted by Gasteiger charge is 2.16. The van der Waals surface area contributed by atoms with Crippen LogP contribution in [0.3, 0.4) is 0 Å². The Kier molecular flexibility index (Phi) is 4.80. The number of aryl methyl sites for hydroxylation is 1. The van der Waals surface area contributed by atoms with Gasteiger partial charge in [-0.3, -0.25) is 4.79 Å². The molecule has 112 valence electrons. The van der Waals surface area contributed by atoms with Gasteiger partial charge < -0.3 is 10.1 Å². The molecule has 4 nitrogen and oxygen atoms in total. The molecular weight excluding hydrogens is 276 g/mol. The summed E-state index contributed by atoms with van der Waals surface area (Å²) in [7, 11) is 0. The molecule has 1 atom stereocenters. The van der Waals surface area contributed by atoms with Crippen LogP contribution in [-0.2, 0) is 4.79 Å². The lowest BCUT2D eigenvalue weighted by Gasteiger charge is -2.17. The number of rotatable bonds is 4. The van der Waals surface area contributed by atoms with Crippen LogP contribution in [-0.4, -0.2) is 12.0 Å². The zero-order chi connectivity index (χ0) is 16.1. The average molecular weight is 294 g/mol. The highest BCUT2D eigenvalue weighted by atomic mass is 16.5. The Morgan fingerprint density at radius 3 is 2.50 bits per heavy atom. The summed E-state index contributed by atoms with van der Waals surface area (Å²) in [5.74, 6) is 0.480. The largest absolute Gasteiger partial charge is 0.481 e. The number of carbonyl (C=O) groups excluding carboxylic acids is 1. The highest BCUT2D eigenvalue weighted by Crippen LogP contribution is 2.22. The summed E-state index contributed by atoms with van der Waals surface area (Å²) >= 11 is 0. The molecule has 1 unspecified atom stereocenters. The number of amides is 1. The van der Waals surface area contributed by atoms with Crippen LogP contribution < -0.4 is 10.1 Å². The van der Waals surface area contributed by atoms with Gasteiger partial charge in [-0.1, -0.05) is 12.1 Å². The van der Waals surface area contributed by atoms with Crippen molar-refractivity contribution < 1.29 is 9.53 Å². The summed E-state index contributed by atoms with van der Waals surface area (Å²) < 4.78 is 5.74. The van der Waals surface area contributed by atoms with Crippen LogP contribution >= 0.6 is 0 Å². The third-order valence-electron chi connectivity index (χ3n) is 3.51. The van der Waals surface area contributed by atoms with Crippen LogP contribution in [0.2, 0.25) is 0 Å². The second kappa shape index (κ2) is 6.77. The number of ether oxygens (including phenoxy) is 1. The van der Waals surface area contributed by atoms with Crippen molar-refractivity contribution in [3.8, 4) is 11.8 Å². The van der Waals surface area contributed by atoms with E-state index in [-0.39, 0.29) is 5.91 Å². The molecular formula is C18H18N2O2. The summed E-state index contributed by atoms with van der Waals surface area (Å²) in [5.41, 5.74) is 3.34. The minimum absolute atomic E-state index is 0.231. The average Bonchev–Trinajstić information content (AvgIpc) is 2.52. The number of carbonyl (C=O) groups is 1. The van der Waals surface area contributed by atoms with Gasteiger partial charge in [0.15, 0.2) is 6.10 Å². The van der Waals surface area contributed by atoms with Gasteiger partial charge in [0.05, 0.1) is 11.6 Å². The summed E-state index contributed by atoms with van der Waals surface area (Å²) in [5, 5.41) is 11.5. The van der Waals surface area contributed by atoms with E-state index in [1.165, 1.54) is 0 Å². The topological polar surface area (TPSA) is 62.1 Å². The maximum Gasteiger partial charge on any atom is 0.265 e. The lowest BCUT2D eigenvalue weighted by Crippen LogP contribution is -2.30. The lowest BCUT2D eigenvalue weighted by molar-refractivity contribution is -0.122. The second-order valence-electron chi connectivity index (χ2n) is 5.14. The van der Waals surface area contributed by atoms with E-state index in [0.29, 0.717) is 17.0 Å². The molecule has 0 aliphatic heterocycles. The van der Waals surface area contributed by atoms with Gasteiger partial charge >= 0.3 is 0 Å². The van der Waals surface area contributed by atoms with Crippen LogP contribution in [0.4, 0.5) is 5.69 Å². The monoisotopic (exact) mass is 294 g/mol. The van der Waals surface area contributed by atoms with Gasteiger partial charge in [0.1, 0.15) is 5.75 Å². The Balaban J connectivity index is 2.02. The van der Waals surface area contributed by atoms with Crippen LogP contribution in [0.5, 0.6) is 5.75 Å². The number of hydrogen-bond donors (Lipinski definition) is 1. The third-order valence-corrected chi connectivity index (χ3v) is 3.51. The first kappa shape index (κ1) is 15.6. The molecule has 2 rings (SSSR count). The van der Waals surface area contributed by atoms with Crippen LogP contribution in [0.25, 0.3) is 0 Å². The van der Waals surface area contributed by atoms with Crippen LogP contribution in [0.1, 0.15) is 23.6 Å². The molecule has 0 aromatic heterocycles. The molecule has 0 heterocycles. The van der Waals surface area contributed by atoms with Crippen molar-refractivity contribution in [2.75, 3.05) is 5.32 Å². The van der Waals surface area contributed by atoms with E-state index in [0.717, 1.165) is 11.1 Å². The van der Waals surface area contributed by atoms with Gasteiger partial charge in [-0.15, -0.1) is 0 Å². The van der Waals surface area contributed by atoms with Crippen LogP contribution in [0, 0.1) is 25.2 Å². The zero-order valence-corrected chi connectivity index (χ0v) is 12.9. The van der Waals surface area contributed by atoms with E-state index in [1.807, 2.05) is 38.1 Å². The smallest absolute Gasteiger partial charge is 0.265 e. The lowest BCUT2D eigenvalue weighted by atomic mass is 10.1. The van der Waals surface area contributed by atoms with Crippen LogP contribution in [0.15, 0.2) is 42.5 Å². The Morgan fingerprint density at radius 1 is 1.18 bits per heavy atom. The van der Waals surface area contributed by atoms with E-state index in [1.54, 1.807) is 31.2 Å². The normalized spacial score (nSPS) is 11.4. The molecule has 0 radical (unpaired) electrons. The Bertz CT molecular complexity index is 715. The van der Waals surface area contributed by atoms with E-state index in [2.05, 4.69) is 5.32 Å². The number of benzene rings is 2. The Morgan fingerprint density at radius 2 is 1.86 bits per heavy atom. The van der Waals surface area contributed by atoms with Crippen molar-refractivity contribution in [3.05, 3.63) is 59.2 Å². The molecule has 0 spiro atoms. The van der Waals surface area contributed by atoms with E-state index < -0.39 is 6.10 Å². The van der Waals surface area contributed by atoms with E-state index in [4.69, 9.17) is 10.00 Å². The van der Waals surface area contributed by atoms with Gasteiger partial charge in [0.2, 0.25) is 0 Å². The molecule has 0 fully saturated rings. The number of nitriles is 1. The van der Waals surface area contributed by atoms with Crippen molar-refractivity contribution in [2.24, 2.45) is 0 Å². The number of hydrogen-bond acceptors (Lipinski definition) is 3. The zero-order valence-electron chi connectivity index (χ0n) is 12.9. The predicted octanol–water partition coefficient (Wildman–Crippen LogP) is 3.58.